The van der Waals surface area contributed by atoms with E-state index < -0.39 is 6.10 Å². The summed E-state index contributed by atoms with van der Waals surface area (Å²) in [7, 11) is 0. The van der Waals surface area contributed by atoms with Gasteiger partial charge >= 0.3 is 0 Å². The van der Waals surface area contributed by atoms with Crippen molar-refractivity contribution in [2.75, 3.05) is 13.2 Å². The van der Waals surface area contributed by atoms with Gasteiger partial charge in [-0.05, 0) is 29.3 Å². The van der Waals surface area contributed by atoms with Crippen molar-refractivity contribution in [1.82, 2.24) is 10.3 Å². The Kier molecular flexibility index (Phi) is 6.63. The lowest BCUT2D eigenvalue weighted by molar-refractivity contribution is 0.0287. The zero-order chi connectivity index (χ0) is 14.9. The van der Waals surface area contributed by atoms with Crippen LogP contribution < -0.4 is 5.32 Å². The molecule has 2 aromatic rings. The van der Waals surface area contributed by atoms with E-state index in [4.69, 9.17) is 16.3 Å². The minimum absolute atomic E-state index is 0.294. The monoisotopic (exact) mass is 306 g/mol. The van der Waals surface area contributed by atoms with E-state index in [0.717, 1.165) is 11.1 Å². The van der Waals surface area contributed by atoms with Gasteiger partial charge in [0.2, 0.25) is 0 Å². The quantitative estimate of drug-likeness (QED) is 0.786. The number of aromatic nitrogens is 1. The van der Waals surface area contributed by atoms with Crippen LogP contribution in [0.4, 0.5) is 0 Å². The molecule has 1 atom stereocenters. The molecular weight excluding hydrogens is 288 g/mol. The number of ether oxygens (including phenoxy) is 1. The standard InChI is InChI=1S/C16H19ClN2O2/c17-15-5-3-13(4-6-15)11-21-12-16(20)10-19-9-14-2-1-7-18-8-14/h1-8,16,19-20H,9-12H2. The zero-order valence-corrected chi connectivity index (χ0v) is 12.5. The normalized spacial score (nSPS) is 12.3. The highest BCUT2D eigenvalue weighted by molar-refractivity contribution is 6.30. The molecule has 0 bridgehead atoms. The van der Waals surface area contributed by atoms with Crippen molar-refractivity contribution in [3.63, 3.8) is 0 Å². The SMILES string of the molecule is OC(CNCc1cccnc1)COCc1ccc(Cl)cc1. The summed E-state index contributed by atoms with van der Waals surface area (Å²) in [4.78, 5) is 4.04. The Bertz CT molecular complexity index is 520. The summed E-state index contributed by atoms with van der Waals surface area (Å²) in [5, 5.41) is 13.7. The molecule has 0 amide bonds. The van der Waals surface area contributed by atoms with Crippen molar-refractivity contribution in [2.24, 2.45) is 0 Å². The van der Waals surface area contributed by atoms with Gasteiger partial charge in [0.1, 0.15) is 0 Å². The van der Waals surface area contributed by atoms with E-state index in [-0.39, 0.29) is 0 Å². The van der Waals surface area contributed by atoms with Crippen LogP contribution in [0.5, 0.6) is 0 Å². The third-order valence-electron chi connectivity index (χ3n) is 2.92. The first-order valence-electron chi connectivity index (χ1n) is 6.84. The average Bonchev–Trinajstić information content (AvgIpc) is 2.50. The first-order valence-corrected chi connectivity index (χ1v) is 7.21. The van der Waals surface area contributed by atoms with E-state index in [9.17, 15) is 5.11 Å². The summed E-state index contributed by atoms with van der Waals surface area (Å²) >= 11 is 5.81. The number of benzene rings is 1. The maximum Gasteiger partial charge on any atom is 0.0897 e. The molecule has 1 unspecified atom stereocenters. The van der Waals surface area contributed by atoms with E-state index in [1.165, 1.54) is 0 Å². The van der Waals surface area contributed by atoms with E-state index in [1.54, 1.807) is 12.4 Å². The molecule has 0 saturated carbocycles. The van der Waals surface area contributed by atoms with Crippen molar-refractivity contribution in [3.8, 4) is 0 Å². The second kappa shape index (κ2) is 8.74. The smallest absolute Gasteiger partial charge is 0.0897 e. The maximum atomic E-state index is 9.83. The molecule has 2 rings (SSSR count). The summed E-state index contributed by atoms with van der Waals surface area (Å²) < 4.78 is 5.48. The predicted molar refractivity (Wildman–Crippen MR) is 83.1 cm³/mol. The van der Waals surface area contributed by atoms with Gasteiger partial charge < -0.3 is 15.2 Å². The Balaban J connectivity index is 1.59. The zero-order valence-electron chi connectivity index (χ0n) is 11.7. The first-order chi connectivity index (χ1) is 10.2. The van der Waals surface area contributed by atoms with Crippen LogP contribution in [0.15, 0.2) is 48.8 Å². The maximum absolute atomic E-state index is 9.83. The fourth-order valence-electron chi connectivity index (χ4n) is 1.84. The van der Waals surface area contributed by atoms with Crippen LogP contribution in [0.2, 0.25) is 5.02 Å². The molecule has 5 heteroatoms. The van der Waals surface area contributed by atoms with Gasteiger partial charge in [-0.2, -0.15) is 0 Å². The Hall–Kier alpha value is -1.46. The Labute approximate surface area is 129 Å². The van der Waals surface area contributed by atoms with Gasteiger partial charge in [0.05, 0.1) is 19.3 Å². The molecule has 112 valence electrons. The number of pyridine rings is 1. The molecule has 0 aliphatic rings. The number of halogens is 1. The van der Waals surface area contributed by atoms with E-state index >= 15 is 0 Å². The molecule has 1 aromatic carbocycles. The fraction of sp³-hybridized carbons (Fsp3) is 0.312. The Morgan fingerprint density at radius 2 is 2.00 bits per heavy atom. The predicted octanol–water partition coefficient (Wildman–Crippen LogP) is 2.40. The molecule has 1 heterocycles. The molecule has 0 saturated heterocycles. The highest BCUT2D eigenvalue weighted by Gasteiger charge is 2.04. The molecular formula is C16H19ClN2O2. The van der Waals surface area contributed by atoms with E-state index in [0.29, 0.717) is 31.3 Å². The summed E-state index contributed by atoms with van der Waals surface area (Å²) in [5.41, 5.74) is 2.13. The van der Waals surface area contributed by atoms with Gasteiger partial charge in [-0.3, -0.25) is 4.98 Å². The minimum atomic E-state index is -0.533. The van der Waals surface area contributed by atoms with Crippen LogP contribution in [-0.4, -0.2) is 29.3 Å². The number of hydrogen-bond donors (Lipinski definition) is 2. The number of nitrogens with zero attached hydrogens (tertiary/aromatic N) is 1. The molecule has 2 N–H and O–H groups in total. The van der Waals surface area contributed by atoms with Gasteiger partial charge in [0, 0.05) is 30.5 Å². The van der Waals surface area contributed by atoms with Gasteiger partial charge in [-0.25, -0.2) is 0 Å². The molecule has 0 aliphatic heterocycles. The number of nitrogens with one attached hydrogen (secondary N) is 1. The van der Waals surface area contributed by atoms with Crippen molar-refractivity contribution >= 4 is 11.6 Å². The summed E-state index contributed by atoms with van der Waals surface area (Å²) in [6.07, 6.45) is 3.01. The molecule has 0 fully saturated rings. The largest absolute Gasteiger partial charge is 0.389 e. The Morgan fingerprint density at radius 3 is 2.71 bits per heavy atom. The van der Waals surface area contributed by atoms with Crippen molar-refractivity contribution in [1.29, 1.82) is 0 Å². The van der Waals surface area contributed by atoms with E-state index in [2.05, 4.69) is 10.3 Å². The van der Waals surface area contributed by atoms with Crippen LogP contribution in [-0.2, 0) is 17.9 Å². The van der Waals surface area contributed by atoms with Gasteiger partial charge in [-0.15, -0.1) is 0 Å². The molecule has 0 radical (unpaired) electrons. The van der Waals surface area contributed by atoms with Crippen LogP contribution in [0.3, 0.4) is 0 Å². The molecule has 0 spiro atoms. The number of hydrogen-bond acceptors (Lipinski definition) is 4. The van der Waals surface area contributed by atoms with Gasteiger partial charge in [-0.1, -0.05) is 29.8 Å². The van der Waals surface area contributed by atoms with Crippen LogP contribution in [0.1, 0.15) is 11.1 Å². The third kappa shape index (κ3) is 6.23. The third-order valence-corrected chi connectivity index (χ3v) is 3.18. The number of aliphatic hydroxyl groups excluding tert-OH is 1. The average molecular weight is 307 g/mol. The number of rotatable bonds is 8. The van der Waals surface area contributed by atoms with E-state index in [1.807, 2.05) is 36.4 Å². The fourth-order valence-corrected chi connectivity index (χ4v) is 1.96. The van der Waals surface area contributed by atoms with Crippen LogP contribution >= 0.6 is 11.6 Å². The second-order valence-electron chi connectivity index (χ2n) is 4.79. The highest BCUT2D eigenvalue weighted by atomic mass is 35.5. The number of aliphatic hydroxyl groups is 1. The topological polar surface area (TPSA) is 54.4 Å². The summed E-state index contributed by atoms with van der Waals surface area (Å²) in [5.74, 6) is 0. The molecule has 21 heavy (non-hydrogen) atoms. The van der Waals surface area contributed by atoms with Crippen LogP contribution in [0.25, 0.3) is 0 Å². The lowest BCUT2D eigenvalue weighted by Gasteiger charge is -2.12. The van der Waals surface area contributed by atoms with Gasteiger partial charge in [0.15, 0.2) is 0 Å². The van der Waals surface area contributed by atoms with Gasteiger partial charge in [0.25, 0.3) is 0 Å². The first kappa shape index (κ1) is 15.9. The summed E-state index contributed by atoms with van der Waals surface area (Å²) in [6.45, 7) is 1.93. The van der Waals surface area contributed by atoms with Crippen molar-refractivity contribution in [3.05, 3.63) is 64.9 Å². The van der Waals surface area contributed by atoms with Crippen LogP contribution in [0, 0.1) is 0 Å². The minimum Gasteiger partial charge on any atom is -0.389 e. The second-order valence-corrected chi connectivity index (χ2v) is 5.22. The lowest BCUT2D eigenvalue weighted by Crippen LogP contribution is -2.30. The lowest BCUT2D eigenvalue weighted by atomic mass is 10.2. The summed E-state index contributed by atoms with van der Waals surface area (Å²) in [6, 6.07) is 11.4. The Morgan fingerprint density at radius 1 is 1.19 bits per heavy atom. The molecule has 1 aromatic heterocycles. The van der Waals surface area contributed by atoms with Crippen molar-refractivity contribution < 1.29 is 9.84 Å². The van der Waals surface area contributed by atoms with Crippen molar-refractivity contribution in [2.45, 2.75) is 19.3 Å². The molecule has 4 nitrogen and oxygen atoms in total. The highest BCUT2D eigenvalue weighted by Crippen LogP contribution is 2.10. The molecule has 0 aliphatic carbocycles.